The smallest absolute Gasteiger partial charge is 0.302 e. The lowest BCUT2D eigenvalue weighted by Crippen LogP contribution is -2.24. The van der Waals surface area contributed by atoms with Crippen molar-refractivity contribution < 1.29 is 30.4 Å². The van der Waals surface area contributed by atoms with Gasteiger partial charge in [-0.1, -0.05) is 12.1 Å². The van der Waals surface area contributed by atoms with Crippen molar-refractivity contribution in [3.05, 3.63) is 24.3 Å². The Morgan fingerprint density at radius 3 is 2.12 bits per heavy atom. The molecule has 0 fully saturated rings. The lowest BCUT2D eigenvalue weighted by molar-refractivity contribution is -0.0437. The molecule has 0 aliphatic rings. The molecule has 0 aliphatic heterocycles. The summed E-state index contributed by atoms with van der Waals surface area (Å²) in [6.45, 7) is 0. The fraction of sp³-hybridized carbons (Fsp3) is 0.143. The van der Waals surface area contributed by atoms with E-state index in [1.54, 1.807) is 0 Å². The average Bonchev–Trinajstić information content (AvgIpc) is 2.16. The van der Waals surface area contributed by atoms with Crippen molar-refractivity contribution in [3.8, 4) is 0 Å². The molecular weight excluding hydrogens is 269 g/mol. The van der Waals surface area contributed by atoms with E-state index in [9.17, 15) is 25.8 Å². The summed E-state index contributed by atoms with van der Waals surface area (Å²) >= 11 is -2.80. The molecule has 1 aromatic rings. The predicted octanol–water partition coefficient (Wildman–Crippen LogP) is 1.56. The number of alkyl halides is 3. The van der Waals surface area contributed by atoms with Crippen LogP contribution in [-0.2, 0) is 20.9 Å². The van der Waals surface area contributed by atoms with Crippen LogP contribution < -0.4 is 0 Å². The van der Waals surface area contributed by atoms with Crippen LogP contribution in [0.2, 0.25) is 0 Å². The minimum absolute atomic E-state index is 0.631. The van der Waals surface area contributed by atoms with Crippen LogP contribution in [0.3, 0.4) is 0 Å². The fourth-order valence-electron chi connectivity index (χ4n) is 0.941. The van der Waals surface area contributed by atoms with Gasteiger partial charge in [-0.25, -0.2) is 12.6 Å². The Hall–Kier alpha value is -0.930. The molecular formula is C7H5F3O4S2. The molecule has 0 saturated carbocycles. The number of halogens is 3. The van der Waals surface area contributed by atoms with E-state index >= 15 is 0 Å². The summed E-state index contributed by atoms with van der Waals surface area (Å²) in [5.74, 6) is 0. The summed E-state index contributed by atoms with van der Waals surface area (Å²) in [6, 6.07) is 3.68. The second-order valence-electron chi connectivity index (χ2n) is 2.65. The van der Waals surface area contributed by atoms with Crippen LogP contribution in [0.5, 0.6) is 0 Å². The normalized spacial score (nSPS) is 14.8. The molecule has 0 saturated heterocycles. The molecule has 4 nitrogen and oxygen atoms in total. The summed E-state index contributed by atoms with van der Waals surface area (Å²) in [5, 5.41) is 0. The van der Waals surface area contributed by atoms with Crippen LogP contribution >= 0.6 is 0 Å². The lowest BCUT2D eigenvalue weighted by Gasteiger charge is -2.10. The number of rotatable bonds is 2. The van der Waals surface area contributed by atoms with Crippen molar-refractivity contribution in [3.63, 3.8) is 0 Å². The standard InChI is InChI=1S/C7H5F3O4S2/c8-7(9,10)16(13,14)6-4-2-1-3-5(6)15(11)12/h1-4H,(H,11,12). The van der Waals surface area contributed by atoms with Gasteiger partial charge in [0, 0.05) is 0 Å². The number of benzene rings is 1. The molecule has 90 valence electrons. The van der Waals surface area contributed by atoms with Crippen LogP contribution in [0.15, 0.2) is 34.1 Å². The van der Waals surface area contributed by atoms with Crippen molar-refractivity contribution >= 4 is 20.9 Å². The maximum atomic E-state index is 12.2. The molecule has 0 radical (unpaired) electrons. The van der Waals surface area contributed by atoms with Gasteiger partial charge < -0.3 is 4.55 Å². The molecule has 1 N–H and O–H groups in total. The molecule has 9 heteroatoms. The number of hydrogen-bond donors (Lipinski definition) is 1. The Balaban J connectivity index is 3.52. The maximum Gasteiger partial charge on any atom is 0.501 e. The molecule has 1 atom stereocenters. The van der Waals surface area contributed by atoms with Gasteiger partial charge in [-0.2, -0.15) is 13.2 Å². The van der Waals surface area contributed by atoms with Crippen molar-refractivity contribution in [1.82, 2.24) is 0 Å². The molecule has 1 rings (SSSR count). The van der Waals surface area contributed by atoms with Gasteiger partial charge in [0.05, 0.1) is 9.79 Å². The molecule has 0 bridgehead atoms. The first-order valence-corrected chi connectivity index (χ1v) is 6.28. The third kappa shape index (κ3) is 2.25. The molecule has 0 amide bonds. The van der Waals surface area contributed by atoms with Gasteiger partial charge >= 0.3 is 5.51 Å². The van der Waals surface area contributed by atoms with Crippen LogP contribution in [0, 0.1) is 0 Å². The first-order chi connectivity index (χ1) is 7.18. The molecule has 1 aromatic carbocycles. The van der Waals surface area contributed by atoms with Gasteiger partial charge in [0.1, 0.15) is 0 Å². The minimum atomic E-state index is -5.61. The first kappa shape index (κ1) is 13.1. The van der Waals surface area contributed by atoms with Gasteiger partial charge in [-0.15, -0.1) is 0 Å². The third-order valence-corrected chi connectivity index (χ3v) is 4.04. The zero-order valence-electron chi connectivity index (χ0n) is 7.43. The van der Waals surface area contributed by atoms with E-state index in [1.165, 1.54) is 6.07 Å². The fourth-order valence-corrected chi connectivity index (χ4v) is 2.76. The van der Waals surface area contributed by atoms with E-state index in [0.29, 0.717) is 6.07 Å². The summed E-state index contributed by atoms with van der Waals surface area (Å²) in [6.07, 6.45) is 0. The Kier molecular flexibility index (Phi) is 3.41. The van der Waals surface area contributed by atoms with Gasteiger partial charge in [-0.3, -0.25) is 0 Å². The Morgan fingerprint density at radius 2 is 1.69 bits per heavy atom. The van der Waals surface area contributed by atoms with E-state index < -0.39 is 36.2 Å². The predicted molar refractivity (Wildman–Crippen MR) is 48.7 cm³/mol. The largest absolute Gasteiger partial charge is 0.501 e. The Bertz CT molecular complexity index is 521. The second-order valence-corrected chi connectivity index (χ2v) is 5.49. The molecule has 1 unspecified atom stereocenters. The average molecular weight is 274 g/mol. The van der Waals surface area contributed by atoms with E-state index in [-0.39, 0.29) is 0 Å². The maximum absolute atomic E-state index is 12.2. The highest BCUT2D eigenvalue weighted by Gasteiger charge is 2.48. The van der Waals surface area contributed by atoms with Gasteiger partial charge in [0.2, 0.25) is 0 Å². The number of hydrogen-bond acceptors (Lipinski definition) is 3. The minimum Gasteiger partial charge on any atom is -0.302 e. The van der Waals surface area contributed by atoms with E-state index in [0.717, 1.165) is 12.1 Å². The summed E-state index contributed by atoms with van der Waals surface area (Å²) in [7, 11) is -5.61. The van der Waals surface area contributed by atoms with E-state index in [4.69, 9.17) is 4.55 Å². The molecule has 0 spiro atoms. The summed E-state index contributed by atoms with van der Waals surface area (Å²) in [4.78, 5) is -2.00. The highest BCUT2D eigenvalue weighted by molar-refractivity contribution is 7.93. The number of sulfone groups is 1. The SMILES string of the molecule is O=S(O)c1ccccc1S(=O)(=O)C(F)(F)F. The van der Waals surface area contributed by atoms with Crippen LogP contribution in [0.25, 0.3) is 0 Å². The topological polar surface area (TPSA) is 71.4 Å². The summed E-state index contributed by atoms with van der Waals surface area (Å²) in [5.41, 5.74) is -5.50. The zero-order valence-corrected chi connectivity index (χ0v) is 9.06. The van der Waals surface area contributed by atoms with Crippen LogP contribution in [-0.4, -0.2) is 22.7 Å². The zero-order chi connectivity index (χ0) is 12.6. The van der Waals surface area contributed by atoms with Crippen LogP contribution in [0.4, 0.5) is 13.2 Å². The van der Waals surface area contributed by atoms with E-state index in [1.807, 2.05) is 0 Å². The molecule has 0 heterocycles. The van der Waals surface area contributed by atoms with Crippen molar-refractivity contribution in [2.75, 3.05) is 0 Å². The van der Waals surface area contributed by atoms with Gasteiger partial charge in [-0.05, 0) is 12.1 Å². The molecule has 0 aliphatic carbocycles. The monoisotopic (exact) mass is 274 g/mol. The highest BCUT2D eigenvalue weighted by atomic mass is 32.2. The summed E-state index contributed by atoms with van der Waals surface area (Å²) < 4.78 is 77.9. The first-order valence-electron chi connectivity index (χ1n) is 3.69. The highest BCUT2D eigenvalue weighted by Crippen LogP contribution is 2.32. The van der Waals surface area contributed by atoms with Crippen LogP contribution in [0.1, 0.15) is 0 Å². The Morgan fingerprint density at radius 1 is 1.19 bits per heavy atom. The molecule has 16 heavy (non-hydrogen) atoms. The third-order valence-electron chi connectivity index (χ3n) is 1.63. The van der Waals surface area contributed by atoms with Gasteiger partial charge in [0.25, 0.3) is 9.84 Å². The van der Waals surface area contributed by atoms with E-state index in [2.05, 4.69) is 0 Å². The van der Waals surface area contributed by atoms with Gasteiger partial charge in [0.15, 0.2) is 11.1 Å². The van der Waals surface area contributed by atoms with Crippen molar-refractivity contribution in [2.24, 2.45) is 0 Å². The Labute approximate surface area is 91.3 Å². The van der Waals surface area contributed by atoms with Crippen molar-refractivity contribution in [1.29, 1.82) is 0 Å². The van der Waals surface area contributed by atoms with Crippen molar-refractivity contribution in [2.45, 2.75) is 15.3 Å². The quantitative estimate of drug-likeness (QED) is 0.831. The lowest BCUT2D eigenvalue weighted by atomic mass is 10.4. The second kappa shape index (κ2) is 4.15. The molecule has 0 aromatic heterocycles.